The number of nitrogens with zero attached hydrogens (tertiary/aromatic N) is 1. The van der Waals surface area contributed by atoms with Crippen molar-refractivity contribution in [3.05, 3.63) is 59.2 Å². The number of methoxy groups -OCH3 is 1. The zero-order valence-corrected chi connectivity index (χ0v) is 14.5. The number of aryl methyl sites for hydroxylation is 1. The van der Waals surface area contributed by atoms with Gasteiger partial charge in [0.05, 0.1) is 13.7 Å². The van der Waals surface area contributed by atoms with Crippen LogP contribution in [0.1, 0.15) is 18.1 Å². The largest absolute Gasteiger partial charge is 0.493 e. The number of hydrogen-bond donors (Lipinski definition) is 1. The van der Waals surface area contributed by atoms with E-state index in [0.29, 0.717) is 29.4 Å². The van der Waals surface area contributed by atoms with E-state index < -0.39 is 5.91 Å². The number of nitriles is 1. The summed E-state index contributed by atoms with van der Waals surface area (Å²) >= 11 is 0. The molecule has 0 saturated carbocycles. The first kappa shape index (κ1) is 18.1. The molecular weight excluding hydrogens is 316 g/mol. The van der Waals surface area contributed by atoms with Crippen LogP contribution < -0.4 is 14.8 Å². The van der Waals surface area contributed by atoms with Crippen molar-refractivity contribution in [3.8, 4) is 17.6 Å². The van der Waals surface area contributed by atoms with Gasteiger partial charge >= 0.3 is 0 Å². The lowest BCUT2D eigenvalue weighted by molar-refractivity contribution is -0.112. The van der Waals surface area contributed by atoms with Crippen molar-refractivity contribution in [2.45, 2.75) is 13.8 Å². The Morgan fingerprint density at radius 2 is 2.04 bits per heavy atom. The summed E-state index contributed by atoms with van der Waals surface area (Å²) in [5.41, 5.74) is 2.36. The molecule has 0 bridgehead atoms. The van der Waals surface area contributed by atoms with E-state index in [1.807, 2.05) is 38.1 Å². The maximum Gasteiger partial charge on any atom is 0.266 e. The number of nitrogens with one attached hydrogen (secondary N) is 1. The van der Waals surface area contributed by atoms with E-state index in [0.717, 1.165) is 5.56 Å². The van der Waals surface area contributed by atoms with Gasteiger partial charge in [0.15, 0.2) is 11.5 Å². The van der Waals surface area contributed by atoms with Gasteiger partial charge in [-0.3, -0.25) is 4.79 Å². The van der Waals surface area contributed by atoms with E-state index in [4.69, 9.17) is 9.47 Å². The third kappa shape index (κ3) is 4.85. The van der Waals surface area contributed by atoms with Gasteiger partial charge in [0, 0.05) is 5.69 Å². The molecule has 1 amide bonds. The Labute approximate surface area is 147 Å². The van der Waals surface area contributed by atoms with Gasteiger partial charge in [0.2, 0.25) is 0 Å². The van der Waals surface area contributed by atoms with Gasteiger partial charge in [-0.05, 0) is 55.3 Å². The van der Waals surface area contributed by atoms with Crippen LogP contribution in [0.3, 0.4) is 0 Å². The maximum absolute atomic E-state index is 12.3. The van der Waals surface area contributed by atoms with E-state index in [-0.39, 0.29) is 5.57 Å². The van der Waals surface area contributed by atoms with Crippen LogP contribution in [-0.4, -0.2) is 19.6 Å². The fourth-order valence-corrected chi connectivity index (χ4v) is 2.29. The Balaban J connectivity index is 2.26. The molecule has 0 radical (unpaired) electrons. The highest BCUT2D eigenvalue weighted by molar-refractivity contribution is 6.09. The van der Waals surface area contributed by atoms with Crippen molar-refractivity contribution in [1.29, 1.82) is 5.26 Å². The molecule has 0 heterocycles. The molecule has 2 aromatic rings. The molecule has 0 atom stereocenters. The van der Waals surface area contributed by atoms with Crippen molar-refractivity contribution in [2.75, 3.05) is 19.0 Å². The van der Waals surface area contributed by atoms with Crippen LogP contribution in [0.25, 0.3) is 6.08 Å². The van der Waals surface area contributed by atoms with E-state index in [1.165, 1.54) is 6.08 Å². The van der Waals surface area contributed by atoms with Crippen molar-refractivity contribution >= 4 is 17.7 Å². The second-order valence-corrected chi connectivity index (χ2v) is 5.34. The summed E-state index contributed by atoms with van der Waals surface area (Å²) in [6, 6.07) is 14.6. The smallest absolute Gasteiger partial charge is 0.266 e. The summed E-state index contributed by atoms with van der Waals surface area (Å²) in [4.78, 5) is 12.3. The maximum atomic E-state index is 12.3. The molecule has 0 aliphatic rings. The number of anilines is 1. The van der Waals surface area contributed by atoms with Crippen LogP contribution in [0.2, 0.25) is 0 Å². The van der Waals surface area contributed by atoms with Gasteiger partial charge < -0.3 is 14.8 Å². The Hall–Kier alpha value is -3.26. The molecule has 0 spiro atoms. The van der Waals surface area contributed by atoms with Gasteiger partial charge in [-0.2, -0.15) is 5.26 Å². The zero-order valence-electron chi connectivity index (χ0n) is 14.5. The van der Waals surface area contributed by atoms with Crippen LogP contribution >= 0.6 is 0 Å². The summed E-state index contributed by atoms with van der Waals surface area (Å²) in [5.74, 6) is 0.707. The van der Waals surface area contributed by atoms with E-state index >= 15 is 0 Å². The number of carbonyl (C=O) groups is 1. The number of carbonyl (C=O) groups excluding carboxylic acids is 1. The molecule has 0 aromatic heterocycles. The summed E-state index contributed by atoms with van der Waals surface area (Å²) < 4.78 is 10.7. The van der Waals surface area contributed by atoms with Gasteiger partial charge in [0.1, 0.15) is 11.6 Å². The van der Waals surface area contributed by atoms with Crippen LogP contribution in [0.15, 0.2) is 48.0 Å². The molecule has 2 aromatic carbocycles. The third-order valence-electron chi connectivity index (χ3n) is 3.44. The predicted molar refractivity (Wildman–Crippen MR) is 97.6 cm³/mol. The number of amides is 1. The molecule has 0 unspecified atom stereocenters. The minimum Gasteiger partial charge on any atom is -0.493 e. The molecule has 25 heavy (non-hydrogen) atoms. The third-order valence-corrected chi connectivity index (χ3v) is 3.44. The average Bonchev–Trinajstić information content (AvgIpc) is 2.60. The quantitative estimate of drug-likeness (QED) is 0.640. The molecular formula is C20H20N2O3. The fourth-order valence-electron chi connectivity index (χ4n) is 2.29. The summed E-state index contributed by atoms with van der Waals surface area (Å²) in [6.07, 6.45) is 1.52. The monoisotopic (exact) mass is 336 g/mol. The molecule has 5 heteroatoms. The second kappa shape index (κ2) is 8.55. The van der Waals surface area contributed by atoms with E-state index in [1.54, 1.807) is 31.4 Å². The van der Waals surface area contributed by atoms with Crippen molar-refractivity contribution in [3.63, 3.8) is 0 Å². The average molecular weight is 336 g/mol. The predicted octanol–water partition coefficient (Wildman–Crippen LogP) is 3.95. The first-order valence-corrected chi connectivity index (χ1v) is 7.88. The summed E-state index contributed by atoms with van der Waals surface area (Å²) in [5, 5.41) is 12.1. The Morgan fingerprint density at radius 1 is 1.24 bits per heavy atom. The lowest BCUT2D eigenvalue weighted by Gasteiger charge is -2.10. The van der Waals surface area contributed by atoms with Crippen molar-refractivity contribution in [1.82, 2.24) is 0 Å². The minimum absolute atomic E-state index is 0.00845. The molecule has 0 aliphatic carbocycles. The zero-order chi connectivity index (χ0) is 18.2. The standard InChI is InChI=1S/C20H20N2O3/c1-4-25-19-12-15(8-9-18(19)24-3)11-16(13-21)20(23)22-17-7-5-6-14(2)10-17/h5-12H,4H2,1-3H3,(H,22,23)/b16-11+. The normalized spacial score (nSPS) is 10.7. The lowest BCUT2D eigenvalue weighted by atomic mass is 10.1. The van der Waals surface area contributed by atoms with Gasteiger partial charge in [-0.1, -0.05) is 18.2 Å². The second-order valence-electron chi connectivity index (χ2n) is 5.34. The van der Waals surface area contributed by atoms with Crippen molar-refractivity contribution < 1.29 is 14.3 Å². The number of ether oxygens (including phenoxy) is 2. The molecule has 5 nitrogen and oxygen atoms in total. The number of benzene rings is 2. The molecule has 0 fully saturated rings. The Morgan fingerprint density at radius 3 is 2.68 bits per heavy atom. The highest BCUT2D eigenvalue weighted by atomic mass is 16.5. The topological polar surface area (TPSA) is 71.3 Å². The summed E-state index contributed by atoms with van der Waals surface area (Å²) in [7, 11) is 1.56. The molecule has 2 rings (SSSR count). The number of hydrogen-bond acceptors (Lipinski definition) is 4. The number of rotatable bonds is 6. The van der Waals surface area contributed by atoms with Crippen LogP contribution in [-0.2, 0) is 4.79 Å². The molecule has 0 aliphatic heterocycles. The molecule has 1 N–H and O–H groups in total. The van der Waals surface area contributed by atoms with Crippen LogP contribution in [0.5, 0.6) is 11.5 Å². The van der Waals surface area contributed by atoms with Crippen molar-refractivity contribution in [2.24, 2.45) is 0 Å². The highest BCUT2D eigenvalue weighted by Gasteiger charge is 2.11. The lowest BCUT2D eigenvalue weighted by Crippen LogP contribution is -2.13. The van der Waals surface area contributed by atoms with E-state index in [2.05, 4.69) is 5.32 Å². The fraction of sp³-hybridized carbons (Fsp3) is 0.200. The minimum atomic E-state index is -0.457. The Kier molecular flexibility index (Phi) is 6.19. The van der Waals surface area contributed by atoms with Gasteiger partial charge in [0.25, 0.3) is 5.91 Å². The van der Waals surface area contributed by atoms with Gasteiger partial charge in [-0.15, -0.1) is 0 Å². The SMILES string of the molecule is CCOc1cc(/C=C(\C#N)C(=O)Nc2cccc(C)c2)ccc1OC. The Bertz CT molecular complexity index is 835. The molecule has 128 valence electrons. The first-order valence-electron chi connectivity index (χ1n) is 7.88. The van der Waals surface area contributed by atoms with E-state index in [9.17, 15) is 10.1 Å². The highest BCUT2D eigenvalue weighted by Crippen LogP contribution is 2.29. The van der Waals surface area contributed by atoms with Crippen LogP contribution in [0, 0.1) is 18.3 Å². The molecule has 0 saturated heterocycles. The first-order chi connectivity index (χ1) is 12.1. The van der Waals surface area contributed by atoms with Crippen LogP contribution in [0.4, 0.5) is 5.69 Å². The summed E-state index contributed by atoms with van der Waals surface area (Å²) in [6.45, 7) is 4.30. The van der Waals surface area contributed by atoms with Gasteiger partial charge in [-0.25, -0.2) is 0 Å².